The van der Waals surface area contributed by atoms with Crippen LogP contribution in [0.4, 0.5) is 8.78 Å². The van der Waals surface area contributed by atoms with Crippen molar-refractivity contribution in [3.63, 3.8) is 0 Å². The molecule has 1 rings (SSSR count). The zero-order valence-corrected chi connectivity index (χ0v) is 8.80. The zero-order chi connectivity index (χ0) is 11.4. The molecule has 0 bridgehead atoms. The van der Waals surface area contributed by atoms with Crippen molar-refractivity contribution in [3.8, 4) is 0 Å². The second-order valence-electron chi connectivity index (χ2n) is 3.67. The van der Waals surface area contributed by atoms with Gasteiger partial charge in [-0.3, -0.25) is 0 Å². The van der Waals surface area contributed by atoms with Crippen molar-refractivity contribution in [1.82, 2.24) is 5.32 Å². The van der Waals surface area contributed by atoms with Crippen LogP contribution in [0, 0.1) is 11.6 Å². The number of rotatable bonds is 4. The lowest BCUT2D eigenvalue weighted by Gasteiger charge is -2.18. The molecule has 2 unspecified atom stereocenters. The fourth-order valence-electron chi connectivity index (χ4n) is 1.40. The number of halogens is 2. The van der Waals surface area contributed by atoms with E-state index in [9.17, 15) is 8.78 Å². The van der Waals surface area contributed by atoms with Crippen LogP contribution in [-0.4, -0.2) is 17.8 Å². The Morgan fingerprint density at radius 2 is 1.73 bits per heavy atom. The largest absolute Gasteiger partial charge is 0.395 e. The van der Waals surface area contributed by atoms with Gasteiger partial charge >= 0.3 is 0 Å². The quantitative estimate of drug-likeness (QED) is 0.805. The van der Waals surface area contributed by atoms with Crippen molar-refractivity contribution in [2.75, 3.05) is 6.61 Å². The molecule has 2 N–H and O–H groups in total. The van der Waals surface area contributed by atoms with E-state index in [1.54, 1.807) is 13.8 Å². The van der Waals surface area contributed by atoms with Crippen molar-refractivity contribution in [2.45, 2.75) is 25.9 Å². The van der Waals surface area contributed by atoms with Gasteiger partial charge in [0, 0.05) is 18.2 Å². The van der Waals surface area contributed by atoms with Gasteiger partial charge in [0.05, 0.1) is 6.61 Å². The van der Waals surface area contributed by atoms with Crippen LogP contribution in [0.1, 0.15) is 25.5 Å². The zero-order valence-electron chi connectivity index (χ0n) is 8.80. The maximum absolute atomic E-state index is 12.9. The molecule has 0 aliphatic rings. The third kappa shape index (κ3) is 3.57. The lowest BCUT2D eigenvalue weighted by atomic mass is 10.1. The fraction of sp³-hybridized carbons (Fsp3) is 0.455. The molecular formula is C11H15F2NO. The maximum atomic E-state index is 12.9. The molecule has 0 heterocycles. The van der Waals surface area contributed by atoms with Gasteiger partial charge in [-0.15, -0.1) is 0 Å². The van der Waals surface area contributed by atoms with Crippen LogP contribution in [0.15, 0.2) is 18.2 Å². The van der Waals surface area contributed by atoms with E-state index >= 15 is 0 Å². The molecule has 2 nitrogen and oxygen atoms in total. The van der Waals surface area contributed by atoms with Gasteiger partial charge in [-0.1, -0.05) is 0 Å². The number of nitrogens with one attached hydrogen (secondary N) is 1. The maximum Gasteiger partial charge on any atom is 0.126 e. The molecule has 0 saturated heterocycles. The lowest BCUT2D eigenvalue weighted by molar-refractivity contribution is 0.243. The average Bonchev–Trinajstić information content (AvgIpc) is 2.16. The van der Waals surface area contributed by atoms with Gasteiger partial charge in [0.25, 0.3) is 0 Å². The summed E-state index contributed by atoms with van der Waals surface area (Å²) in [6.07, 6.45) is 0. The molecule has 15 heavy (non-hydrogen) atoms. The van der Waals surface area contributed by atoms with Gasteiger partial charge in [0.2, 0.25) is 0 Å². The molecule has 4 heteroatoms. The molecule has 0 spiro atoms. The minimum Gasteiger partial charge on any atom is -0.395 e. The molecule has 0 amide bonds. The SMILES string of the molecule is CC(CO)NC(C)c1cc(F)cc(F)c1. The van der Waals surface area contributed by atoms with E-state index in [1.165, 1.54) is 12.1 Å². The number of hydrogen-bond donors (Lipinski definition) is 2. The molecule has 0 saturated carbocycles. The van der Waals surface area contributed by atoms with E-state index in [4.69, 9.17) is 5.11 Å². The van der Waals surface area contributed by atoms with Crippen LogP contribution in [-0.2, 0) is 0 Å². The highest BCUT2D eigenvalue weighted by atomic mass is 19.1. The summed E-state index contributed by atoms with van der Waals surface area (Å²) in [5.74, 6) is -1.18. The topological polar surface area (TPSA) is 32.3 Å². The smallest absolute Gasteiger partial charge is 0.126 e. The van der Waals surface area contributed by atoms with Crippen LogP contribution in [0.3, 0.4) is 0 Å². The van der Waals surface area contributed by atoms with Crippen molar-refractivity contribution < 1.29 is 13.9 Å². The standard InChI is InChI=1S/C11H15F2NO/c1-7(6-15)14-8(2)9-3-10(12)5-11(13)4-9/h3-5,7-8,14-15H,6H2,1-2H3. The molecule has 0 aliphatic carbocycles. The van der Waals surface area contributed by atoms with Crippen molar-refractivity contribution in [3.05, 3.63) is 35.4 Å². The second-order valence-corrected chi connectivity index (χ2v) is 3.67. The number of benzene rings is 1. The van der Waals surface area contributed by atoms with Crippen LogP contribution >= 0.6 is 0 Å². The van der Waals surface area contributed by atoms with E-state index in [-0.39, 0.29) is 18.7 Å². The molecule has 2 atom stereocenters. The Morgan fingerprint density at radius 3 is 2.20 bits per heavy atom. The monoisotopic (exact) mass is 215 g/mol. The summed E-state index contributed by atoms with van der Waals surface area (Å²) in [4.78, 5) is 0. The summed E-state index contributed by atoms with van der Waals surface area (Å²) in [6.45, 7) is 3.58. The average molecular weight is 215 g/mol. The Bertz CT molecular complexity index is 310. The molecule has 0 aliphatic heterocycles. The van der Waals surface area contributed by atoms with Gasteiger partial charge in [0.15, 0.2) is 0 Å². The number of aliphatic hydroxyl groups excluding tert-OH is 1. The summed E-state index contributed by atoms with van der Waals surface area (Å²) in [7, 11) is 0. The van der Waals surface area contributed by atoms with Crippen LogP contribution in [0.2, 0.25) is 0 Å². The fourth-order valence-corrected chi connectivity index (χ4v) is 1.40. The van der Waals surface area contributed by atoms with Crippen LogP contribution in [0.25, 0.3) is 0 Å². The lowest BCUT2D eigenvalue weighted by Crippen LogP contribution is -2.31. The van der Waals surface area contributed by atoms with Crippen molar-refractivity contribution in [2.24, 2.45) is 0 Å². The van der Waals surface area contributed by atoms with E-state index in [1.807, 2.05) is 0 Å². The Hall–Kier alpha value is -1.00. The molecular weight excluding hydrogens is 200 g/mol. The van der Waals surface area contributed by atoms with Crippen LogP contribution in [0.5, 0.6) is 0 Å². The third-order valence-electron chi connectivity index (χ3n) is 2.19. The molecule has 0 radical (unpaired) electrons. The predicted octanol–water partition coefficient (Wildman–Crippen LogP) is 2.00. The molecule has 0 fully saturated rings. The summed E-state index contributed by atoms with van der Waals surface area (Å²) in [6, 6.07) is 3.10. The van der Waals surface area contributed by atoms with Gasteiger partial charge in [-0.25, -0.2) is 8.78 Å². The Kier molecular flexibility index (Phi) is 4.17. The highest BCUT2D eigenvalue weighted by Crippen LogP contribution is 2.16. The number of hydrogen-bond acceptors (Lipinski definition) is 2. The summed E-state index contributed by atoms with van der Waals surface area (Å²) in [5, 5.41) is 11.8. The Labute approximate surface area is 87.9 Å². The van der Waals surface area contributed by atoms with E-state index in [0.29, 0.717) is 5.56 Å². The summed E-state index contributed by atoms with van der Waals surface area (Å²) >= 11 is 0. The Morgan fingerprint density at radius 1 is 1.20 bits per heavy atom. The first-order valence-corrected chi connectivity index (χ1v) is 4.86. The van der Waals surface area contributed by atoms with Crippen molar-refractivity contribution in [1.29, 1.82) is 0 Å². The molecule has 84 valence electrons. The highest BCUT2D eigenvalue weighted by molar-refractivity contribution is 5.20. The van der Waals surface area contributed by atoms with Gasteiger partial charge in [-0.05, 0) is 31.5 Å². The number of aliphatic hydroxyl groups is 1. The van der Waals surface area contributed by atoms with Crippen LogP contribution < -0.4 is 5.32 Å². The first-order valence-electron chi connectivity index (χ1n) is 4.86. The van der Waals surface area contributed by atoms with Gasteiger partial charge in [-0.2, -0.15) is 0 Å². The van der Waals surface area contributed by atoms with E-state index in [2.05, 4.69) is 5.32 Å². The normalized spacial score (nSPS) is 15.0. The Balaban J connectivity index is 2.77. The summed E-state index contributed by atoms with van der Waals surface area (Å²) in [5.41, 5.74) is 0.535. The first-order chi connectivity index (χ1) is 7.02. The van der Waals surface area contributed by atoms with E-state index < -0.39 is 11.6 Å². The molecule has 1 aromatic rings. The minimum atomic E-state index is -0.588. The molecule has 0 aromatic heterocycles. The second kappa shape index (κ2) is 5.19. The first kappa shape index (κ1) is 12.1. The van der Waals surface area contributed by atoms with Crippen molar-refractivity contribution >= 4 is 0 Å². The summed E-state index contributed by atoms with van der Waals surface area (Å²) < 4.78 is 25.8. The third-order valence-corrected chi connectivity index (χ3v) is 2.19. The highest BCUT2D eigenvalue weighted by Gasteiger charge is 2.10. The van der Waals surface area contributed by atoms with Gasteiger partial charge < -0.3 is 10.4 Å². The van der Waals surface area contributed by atoms with Gasteiger partial charge in [0.1, 0.15) is 11.6 Å². The van der Waals surface area contributed by atoms with E-state index in [0.717, 1.165) is 6.07 Å². The predicted molar refractivity (Wildman–Crippen MR) is 54.5 cm³/mol. The minimum absolute atomic E-state index is 0.0118. The molecule has 1 aromatic carbocycles.